The molecule has 0 amide bonds. The molecule has 2 atom stereocenters. The van der Waals surface area contributed by atoms with Crippen LogP contribution in [0, 0.1) is 18.8 Å². The molecule has 2 unspecified atom stereocenters. The summed E-state index contributed by atoms with van der Waals surface area (Å²) in [5.41, 5.74) is 1.34. The van der Waals surface area contributed by atoms with E-state index in [1.807, 2.05) is 11.3 Å². The molecule has 0 radical (unpaired) electrons. The number of hydrogen-bond donors (Lipinski definition) is 1. The summed E-state index contributed by atoms with van der Waals surface area (Å²) in [6, 6.07) is 0.651. The number of aryl methyl sites for hydroxylation is 1. The standard InChI is InChI=1S/C13H22N2S/c1-9-6-5-7-10(2)12(9)14-13-15(4)11(3)8-16-13/h8-10,12H,5-7H2,1-4H3/p+1. The molecule has 0 aliphatic heterocycles. The van der Waals surface area contributed by atoms with Gasteiger partial charge in [0.2, 0.25) is 0 Å². The Morgan fingerprint density at radius 1 is 1.31 bits per heavy atom. The zero-order chi connectivity index (χ0) is 11.7. The molecule has 1 fully saturated rings. The van der Waals surface area contributed by atoms with Crippen molar-refractivity contribution in [3.63, 3.8) is 0 Å². The average molecular weight is 239 g/mol. The third-order valence-corrected chi connectivity index (χ3v) is 5.08. The third-order valence-electron chi connectivity index (χ3n) is 4.01. The first kappa shape index (κ1) is 11.9. The van der Waals surface area contributed by atoms with E-state index < -0.39 is 0 Å². The smallest absolute Gasteiger partial charge is 0.262 e. The Balaban J connectivity index is 2.10. The van der Waals surface area contributed by atoms with Gasteiger partial charge in [-0.3, -0.25) is 5.32 Å². The molecule has 16 heavy (non-hydrogen) atoms. The van der Waals surface area contributed by atoms with Crippen LogP contribution in [0.4, 0.5) is 5.13 Å². The minimum atomic E-state index is 0.651. The lowest BCUT2D eigenvalue weighted by molar-refractivity contribution is -0.659. The first-order valence-corrected chi connectivity index (χ1v) is 7.18. The summed E-state index contributed by atoms with van der Waals surface area (Å²) in [6.45, 7) is 6.93. The molecule has 1 aliphatic rings. The van der Waals surface area contributed by atoms with Crippen LogP contribution in [0.2, 0.25) is 0 Å². The number of rotatable bonds is 2. The molecule has 1 aromatic heterocycles. The van der Waals surface area contributed by atoms with Crippen LogP contribution in [0.5, 0.6) is 0 Å². The van der Waals surface area contributed by atoms with Gasteiger partial charge < -0.3 is 0 Å². The van der Waals surface area contributed by atoms with Crippen LogP contribution in [0.3, 0.4) is 0 Å². The first-order valence-electron chi connectivity index (χ1n) is 6.30. The van der Waals surface area contributed by atoms with E-state index in [2.05, 4.69) is 43.1 Å². The highest BCUT2D eigenvalue weighted by atomic mass is 32.1. The van der Waals surface area contributed by atoms with Crippen LogP contribution in [0.25, 0.3) is 0 Å². The molecule has 1 aromatic rings. The molecule has 1 aliphatic carbocycles. The second-order valence-corrected chi connectivity index (χ2v) is 6.15. The Morgan fingerprint density at radius 2 is 1.94 bits per heavy atom. The van der Waals surface area contributed by atoms with Gasteiger partial charge in [0.1, 0.15) is 5.69 Å². The molecule has 2 nitrogen and oxygen atoms in total. The second kappa shape index (κ2) is 4.74. The van der Waals surface area contributed by atoms with Gasteiger partial charge in [0, 0.05) is 5.38 Å². The zero-order valence-corrected chi connectivity index (χ0v) is 11.6. The molecular formula is C13H23N2S+. The van der Waals surface area contributed by atoms with Crippen LogP contribution in [0.15, 0.2) is 5.38 Å². The van der Waals surface area contributed by atoms with E-state index in [4.69, 9.17) is 0 Å². The van der Waals surface area contributed by atoms with Crippen molar-refractivity contribution in [3.05, 3.63) is 11.1 Å². The molecule has 1 N–H and O–H groups in total. The monoisotopic (exact) mass is 239 g/mol. The van der Waals surface area contributed by atoms with Gasteiger partial charge in [-0.2, -0.15) is 0 Å². The summed E-state index contributed by atoms with van der Waals surface area (Å²) < 4.78 is 2.26. The van der Waals surface area contributed by atoms with Gasteiger partial charge in [-0.1, -0.05) is 31.6 Å². The van der Waals surface area contributed by atoms with Crippen molar-refractivity contribution in [1.82, 2.24) is 0 Å². The van der Waals surface area contributed by atoms with Crippen LogP contribution in [-0.4, -0.2) is 6.04 Å². The van der Waals surface area contributed by atoms with E-state index in [-0.39, 0.29) is 0 Å². The molecule has 3 heteroatoms. The van der Waals surface area contributed by atoms with Gasteiger partial charge in [-0.05, 0) is 31.6 Å². The number of thiazole rings is 1. The van der Waals surface area contributed by atoms with E-state index in [1.54, 1.807) is 0 Å². The number of nitrogens with one attached hydrogen (secondary N) is 1. The lowest BCUT2D eigenvalue weighted by atomic mass is 9.79. The normalized spacial score (nSPS) is 30.4. The van der Waals surface area contributed by atoms with Crippen LogP contribution >= 0.6 is 11.3 Å². The van der Waals surface area contributed by atoms with E-state index in [9.17, 15) is 0 Å². The molecule has 1 saturated carbocycles. The summed E-state index contributed by atoms with van der Waals surface area (Å²) in [4.78, 5) is 0. The number of nitrogens with zero attached hydrogens (tertiary/aromatic N) is 1. The second-order valence-electron chi connectivity index (χ2n) is 5.30. The minimum absolute atomic E-state index is 0.651. The van der Waals surface area contributed by atoms with Gasteiger partial charge in [-0.25, -0.2) is 4.57 Å². The zero-order valence-electron chi connectivity index (χ0n) is 10.8. The molecule has 0 bridgehead atoms. The van der Waals surface area contributed by atoms with Gasteiger partial charge in [-0.15, -0.1) is 0 Å². The summed E-state index contributed by atoms with van der Waals surface area (Å²) in [5.74, 6) is 1.59. The first-order chi connectivity index (χ1) is 7.59. The SMILES string of the molecule is Cc1csc(NC2C(C)CCCC2C)[n+]1C. The maximum Gasteiger partial charge on any atom is 0.333 e. The lowest BCUT2D eigenvalue weighted by Gasteiger charge is -2.31. The van der Waals surface area contributed by atoms with Gasteiger partial charge in [0.15, 0.2) is 0 Å². The fraction of sp³-hybridized carbons (Fsp3) is 0.769. The molecule has 0 aromatic carbocycles. The van der Waals surface area contributed by atoms with Crippen molar-refractivity contribution in [2.24, 2.45) is 18.9 Å². The van der Waals surface area contributed by atoms with E-state index in [1.165, 1.54) is 30.1 Å². The Hall–Kier alpha value is -0.570. The maximum absolute atomic E-state index is 3.75. The summed E-state index contributed by atoms with van der Waals surface area (Å²) >= 11 is 1.83. The van der Waals surface area contributed by atoms with Gasteiger partial charge >= 0.3 is 5.13 Å². The largest absolute Gasteiger partial charge is 0.333 e. The van der Waals surface area contributed by atoms with Gasteiger partial charge in [0.05, 0.1) is 13.1 Å². The highest BCUT2D eigenvalue weighted by Gasteiger charge is 2.32. The van der Waals surface area contributed by atoms with Crippen LogP contribution in [-0.2, 0) is 7.05 Å². The number of anilines is 1. The Kier molecular flexibility index (Phi) is 3.53. The van der Waals surface area contributed by atoms with E-state index >= 15 is 0 Å². The summed E-state index contributed by atoms with van der Waals surface area (Å²) in [5, 5.41) is 7.28. The van der Waals surface area contributed by atoms with Crippen molar-refractivity contribution >= 4 is 16.5 Å². The predicted octanol–water partition coefficient (Wildman–Crippen LogP) is 3.12. The summed E-state index contributed by atoms with van der Waals surface area (Å²) in [7, 11) is 2.15. The molecule has 0 saturated heterocycles. The van der Waals surface area contributed by atoms with E-state index in [0.29, 0.717) is 6.04 Å². The average Bonchev–Trinajstić information content (AvgIpc) is 2.55. The molecule has 2 rings (SSSR count). The summed E-state index contributed by atoms with van der Waals surface area (Å²) in [6.07, 6.45) is 4.14. The van der Waals surface area contributed by atoms with Crippen molar-refractivity contribution in [2.75, 3.05) is 5.32 Å². The van der Waals surface area contributed by atoms with Crippen molar-refractivity contribution in [3.8, 4) is 0 Å². The highest BCUT2D eigenvalue weighted by molar-refractivity contribution is 7.13. The molecular weight excluding hydrogens is 216 g/mol. The molecule has 90 valence electrons. The minimum Gasteiger partial charge on any atom is -0.262 e. The highest BCUT2D eigenvalue weighted by Crippen LogP contribution is 2.31. The number of hydrogen-bond acceptors (Lipinski definition) is 2. The lowest BCUT2D eigenvalue weighted by Crippen LogP contribution is -2.41. The van der Waals surface area contributed by atoms with Crippen molar-refractivity contribution in [1.29, 1.82) is 0 Å². The Bertz CT molecular complexity index is 349. The fourth-order valence-corrected chi connectivity index (χ4v) is 3.65. The Labute approximate surface area is 103 Å². The molecule has 1 heterocycles. The Morgan fingerprint density at radius 3 is 2.44 bits per heavy atom. The topological polar surface area (TPSA) is 15.9 Å². The fourth-order valence-electron chi connectivity index (χ4n) is 2.70. The predicted molar refractivity (Wildman–Crippen MR) is 69.8 cm³/mol. The van der Waals surface area contributed by atoms with Crippen LogP contribution < -0.4 is 9.88 Å². The maximum atomic E-state index is 3.75. The van der Waals surface area contributed by atoms with E-state index in [0.717, 1.165) is 11.8 Å². The van der Waals surface area contributed by atoms with Crippen LogP contribution in [0.1, 0.15) is 38.8 Å². The number of aromatic nitrogens is 1. The quantitative estimate of drug-likeness (QED) is 0.784. The third kappa shape index (κ3) is 2.24. The van der Waals surface area contributed by atoms with Crippen molar-refractivity contribution < 1.29 is 4.57 Å². The molecule has 0 spiro atoms. The van der Waals surface area contributed by atoms with Crippen molar-refractivity contribution in [2.45, 2.75) is 46.1 Å². The van der Waals surface area contributed by atoms with Gasteiger partial charge in [0.25, 0.3) is 0 Å².